The number of hydrogen-bond donors (Lipinski definition) is 2. The fraction of sp³-hybridized carbons (Fsp3) is 0.250. The van der Waals surface area contributed by atoms with E-state index in [1.54, 1.807) is 26.0 Å². The lowest BCUT2D eigenvalue weighted by molar-refractivity contribution is 0.600. The maximum Gasteiger partial charge on any atom is 0.265 e. The Kier molecular flexibility index (Phi) is 3.69. The fourth-order valence-electron chi connectivity index (χ4n) is 1.80. The second-order valence-corrected chi connectivity index (χ2v) is 6.81. The topological polar surface area (TPSA) is 74.8 Å². The van der Waals surface area contributed by atoms with Gasteiger partial charge in [0.1, 0.15) is 4.90 Å². The monoisotopic (exact) mass is 343 g/mol. The van der Waals surface area contributed by atoms with Crippen LogP contribution in [-0.4, -0.2) is 18.6 Å². The van der Waals surface area contributed by atoms with Crippen molar-refractivity contribution in [2.24, 2.45) is 0 Å². The predicted octanol–water partition coefficient (Wildman–Crippen LogP) is 2.90. The molecule has 0 saturated carbocycles. The fourth-order valence-corrected chi connectivity index (χ4v) is 3.60. The van der Waals surface area contributed by atoms with Gasteiger partial charge in [-0.2, -0.15) is 5.10 Å². The minimum Gasteiger partial charge on any atom is -0.281 e. The molecule has 0 bridgehead atoms. The van der Waals surface area contributed by atoms with Crippen molar-refractivity contribution in [3.63, 3.8) is 0 Å². The maximum atomic E-state index is 12.3. The normalized spacial score (nSPS) is 11.6. The van der Waals surface area contributed by atoms with Gasteiger partial charge in [0, 0.05) is 10.2 Å². The van der Waals surface area contributed by atoms with E-state index in [4.69, 9.17) is 0 Å². The van der Waals surface area contributed by atoms with Crippen LogP contribution in [0.25, 0.3) is 0 Å². The lowest BCUT2D eigenvalue weighted by atomic mass is 10.2. The van der Waals surface area contributed by atoms with Crippen LogP contribution in [0, 0.1) is 20.8 Å². The highest BCUT2D eigenvalue weighted by Crippen LogP contribution is 2.24. The van der Waals surface area contributed by atoms with Crippen molar-refractivity contribution in [1.82, 2.24) is 10.2 Å². The molecule has 0 spiro atoms. The first-order chi connectivity index (χ1) is 8.81. The molecule has 0 atom stereocenters. The Morgan fingerprint density at radius 3 is 2.47 bits per heavy atom. The molecule has 0 amide bonds. The van der Waals surface area contributed by atoms with Crippen molar-refractivity contribution >= 4 is 31.6 Å². The molecule has 5 nitrogen and oxygen atoms in total. The zero-order chi connectivity index (χ0) is 14.2. The highest BCUT2D eigenvalue weighted by Gasteiger charge is 2.22. The molecule has 0 aliphatic rings. The van der Waals surface area contributed by atoms with Gasteiger partial charge in [0.25, 0.3) is 10.0 Å². The molecule has 0 saturated heterocycles. The van der Waals surface area contributed by atoms with Gasteiger partial charge < -0.3 is 0 Å². The first-order valence-electron chi connectivity index (χ1n) is 5.62. The average molecular weight is 344 g/mol. The minimum absolute atomic E-state index is 0.198. The number of anilines is 1. The second kappa shape index (κ2) is 4.97. The Morgan fingerprint density at radius 1 is 1.26 bits per heavy atom. The molecule has 1 aromatic heterocycles. The molecular weight excluding hydrogens is 330 g/mol. The van der Waals surface area contributed by atoms with Gasteiger partial charge in [-0.15, -0.1) is 0 Å². The molecule has 0 aliphatic heterocycles. The van der Waals surface area contributed by atoms with E-state index in [-0.39, 0.29) is 4.90 Å². The molecule has 102 valence electrons. The van der Waals surface area contributed by atoms with Gasteiger partial charge in [0.15, 0.2) is 0 Å². The highest BCUT2D eigenvalue weighted by molar-refractivity contribution is 9.10. The average Bonchev–Trinajstić information content (AvgIpc) is 2.64. The zero-order valence-corrected chi connectivity index (χ0v) is 13.2. The van der Waals surface area contributed by atoms with Crippen LogP contribution in [0.3, 0.4) is 0 Å². The van der Waals surface area contributed by atoms with Gasteiger partial charge in [-0.3, -0.25) is 9.82 Å². The number of aryl methyl sites for hydroxylation is 3. The van der Waals surface area contributed by atoms with E-state index in [9.17, 15) is 8.42 Å². The number of aromatic nitrogens is 2. The summed E-state index contributed by atoms with van der Waals surface area (Å²) in [6, 6.07) is 5.30. The third kappa shape index (κ3) is 2.82. The van der Waals surface area contributed by atoms with Crippen LogP contribution in [0.5, 0.6) is 0 Å². The Morgan fingerprint density at radius 2 is 1.95 bits per heavy atom. The molecule has 1 heterocycles. The van der Waals surface area contributed by atoms with Crippen LogP contribution in [0.1, 0.15) is 17.0 Å². The molecule has 19 heavy (non-hydrogen) atoms. The van der Waals surface area contributed by atoms with Crippen molar-refractivity contribution in [3.8, 4) is 0 Å². The van der Waals surface area contributed by atoms with Gasteiger partial charge in [0.05, 0.1) is 11.4 Å². The largest absolute Gasteiger partial charge is 0.281 e. The van der Waals surface area contributed by atoms with Gasteiger partial charge in [-0.1, -0.05) is 22.0 Å². The molecule has 2 N–H and O–H groups in total. The van der Waals surface area contributed by atoms with Crippen molar-refractivity contribution in [2.45, 2.75) is 25.7 Å². The van der Waals surface area contributed by atoms with Gasteiger partial charge in [-0.25, -0.2) is 8.42 Å². The van der Waals surface area contributed by atoms with Crippen LogP contribution in [0.4, 0.5) is 5.69 Å². The molecule has 0 fully saturated rings. The van der Waals surface area contributed by atoms with Gasteiger partial charge in [0.2, 0.25) is 0 Å². The minimum atomic E-state index is -3.63. The lowest BCUT2D eigenvalue weighted by Crippen LogP contribution is -2.14. The summed E-state index contributed by atoms with van der Waals surface area (Å²) >= 11 is 3.38. The molecule has 0 unspecified atom stereocenters. The van der Waals surface area contributed by atoms with E-state index in [0.29, 0.717) is 17.1 Å². The Labute approximate surface area is 120 Å². The Bertz CT molecular complexity index is 703. The standard InChI is InChI=1S/C12H14BrN3O2S/c1-7-4-5-10(6-11(7)13)16-19(17,18)12-8(2)14-15-9(12)3/h4-6,16H,1-3H3,(H,14,15). The third-order valence-corrected chi connectivity index (χ3v) is 5.25. The quantitative estimate of drug-likeness (QED) is 0.899. The number of nitrogens with one attached hydrogen (secondary N) is 2. The van der Waals surface area contributed by atoms with Crippen molar-refractivity contribution in [2.75, 3.05) is 4.72 Å². The summed E-state index contributed by atoms with van der Waals surface area (Å²) in [6.07, 6.45) is 0. The first kappa shape index (κ1) is 14.1. The Balaban J connectivity index is 2.39. The summed E-state index contributed by atoms with van der Waals surface area (Å²) in [5.41, 5.74) is 2.53. The van der Waals surface area contributed by atoms with E-state index in [0.717, 1.165) is 10.0 Å². The molecule has 2 aromatic rings. The van der Waals surface area contributed by atoms with Crippen molar-refractivity contribution in [1.29, 1.82) is 0 Å². The first-order valence-corrected chi connectivity index (χ1v) is 7.89. The van der Waals surface area contributed by atoms with Crippen molar-refractivity contribution in [3.05, 3.63) is 39.6 Å². The van der Waals surface area contributed by atoms with E-state index in [1.165, 1.54) is 0 Å². The number of aromatic amines is 1. The molecule has 7 heteroatoms. The van der Waals surface area contributed by atoms with Crippen LogP contribution < -0.4 is 4.72 Å². The maximum absolute atomic E-state index is 12.3. The summed E-state index contributed by atoms with van der Waals surface area (Å²) < 4.78 is 28.0. The smallest absolute Gasteiger partial charge is 0.265 e. The number of nitrogens with zero attached hydrogens (tertiary/aromatic N) is 1. The summed E-state index contributed by atoms with van der Waals surface area (Å²) in [5.74, 6) is 0. The summed E-state index contributed by atoms with van der Waals surface area (Å²) in [5, 5.41) is 6.57. The third-order valence-electron chi connectivity index (χ3n) is 2.75. The number of sulfonamides is 1. The zero-order valence-electron chi connectivity index (χ0n) is 10.8. The molecule has 0 radical (unpaired) electrons. The number of rotatable bonds is 3. The summed E-state index contributed by atoms with van der Waals surface area (Å²) in [7, 11) is -3.63. The van der Waals surface area contributed by atoms with Gasteiger partial charge >= 0.3 is 0 Å². The molecule has 2 rings (SSSR count). The summed E-state index contributed by atoms with van der Waals surface area (Å²) in [6.45, 7) is 5.27. The number of halogens is 1. The van der Waals surface area contributed by atoms with Gasteiger partial charge in [-0.05, 0) is 38.5 Å². The van der Waals surface area contributed by atoms with Crippen molar-refractivity contribution < 1.29 is 8.42 Å². The second-order valence-electron chi connectivity index (χ2n) is 4.33. The number of benzene rings is 1. The molecule has 0 aliphatic carbocycles. The Hall–Kier alpha value is -1.34. The van der Waals surface area contributed by atoms with E-state index in [2.05, 4.69) is 30.8 Å². The van der Waals surface area contributed by atoms with E-state index >= 15 is 0 Å². The SMILES string of the molecule is Cc1ccc(NS(=O)(=O)c2c(C)n[nH]c2C)cc1Br. The number of H-pyrrole nitrogens is 1. The lowest BCUT2D eigenvalue weighted by Gasteiger charge is -2.09. The highest BCUT2D eigenvalue weighted by atomic mass is 79.9. The van der Waals surface area contributed by atoms with Crippen LogP contribution in [0.2, 0.25) is 0 Å². The van der Waals surface area contributed by atoms with Crippen LogP contribution in [-0.2, 0) is 10.0 Å². The summed E-state index contributed by atoms with van der Waals surface area (Å²) in [4.78, 5) is 0.198. The van der Waals surface area contributed by atoms with Crippen LogP contribution >= 0.6 is 15.9 Å². The molecule has 1 aromatic carbocycles. The predicted molar refractivity (Wildman–Crippen MR) is 77.7 cm³/mol. The van der Waals surface area contributed by atoms with E-state index in [1.807, 2.05) is 13.0 Å². The van der Waals surface area contributed by atoms with E-state index < -0.39 is 10.0 Å². The molecular formula is C12H14BrN3O2S. The van der Waals surface area contributed by atoms with Crippen LogP contribution in [0.15, 0.2) is 27.6 Å². The number of hydrogen-bond acceptors (Lipinski definition) is 3.